The maximum atomic E-state index is 9.84. The van der Waals surface area contributed by atoms with Crippen LogP contribution < -0.4 is 15.5 Å². The van der Waals surface area contributed by atoms with Gasteiger partial charge < -0.3 is 20.1 Å². The van der Waals surface area contributed by atoms with Gasteiger partial charge in [0.15, 0.2) is 0 Å². The predicted molar refractivity (Wildman–Crippen MR) is 112 cm³/mol. The van der Waals surface area contributed by atoms with Crippen molar-refractivity contribution in [3.05, 3.63) is 59.8 Å². The summed E-state index contributed by atoms with van der Waals surface area (Å²) in [5.41, 5.74) is 4.93. The molecule has 5 unspecified atom stereocenters. The molecule has 1 aromatic heterocycles. The molecule has 2 aromatic carbocycles. The number of aromatic nitrogens is 2. The number of nitrogens with zero attached hydrogens (tertiary/aromatic N) is 1. The number of anilines is 1. The summed E-state index contributed by atoms with van der Waals surface area (Å²) < 4.78 is 5.67. The summed E-state index contributed by atoms with van der Waals surface area (Å²) in [4.78, 5) is 0. The number of aromatic amines is 1. The third-order valence-electron chi connectivity index (χ3n) is 7.11. The molecule has 0 spiro atoms. The van der Waals surface area contributed by atoms with Crippen LogP contribution in [0.4, 0.5) is 5.69 Å². The first-order chi connectivity index (χ1) is 14.2. The minimum Gasteiger partial charge on any atom is -0.497 e. The molecule has 5 atom stereocenters. The number of allylic oxidation sites excluding steroid dienone is 2. The van der Waals surface area contributed by atoms with Gasteiger partial charge >= 0.3 is 7.12 Å². The van der Waals surface area contributed by atoms with Crippen LogP contribution in [-0.2, 0) is 0 Å². The van der Waals surface area contributed by atoms with Gasteiger partial charge in [0.05, 0.1) is 24.9 Å². The minimum absolute atomic E-state index is 0.0328. The first-order valence-corrected chi connectivity index (χ1v) is 10.1. The zero-order valence-electron chi connectivity index (χ0n) is 16.0. The van der Waals surface area contributed by atoms with Gasteiger partial charge in [0.2, 0.25) is 0 Å². The fourth-order valence-electron chi connectivity index (χ4n) is 6.05. The van der Waals surface area contributed by atoms with Crippen LogP contribution in [0, 0.1) is 17.8 Å². The number of para-hydroxylation sites is 1. The number of benzene rings is 2. The van der Waals surface area contributed by atoms with E-state index >= 15 is 0 Å². The van der Waals surface area contributed by atoms with Crippen molar-refractivity contribution in [2.24, 2.45) is 17.8 Å². The SMILES string of the molecule is COc1c(B(O)O)cccc1C1Nc2ccc3[nH]ncc3c2C2C3C=CC(C3)C12. The summed E-state index contributed by atoms with van der Waals surface area (Å²) in [6.07, 6.45) is 7.83. The number of fused-ring (bicyclic) bond motifs is 9. The summed E-state index contributed by atoms with van der Waals surface area (Å²) >= 11 is 0. The van der Waals surface area contributed by atoms with Crippen molar-refractivity contribution in [1.82, 2.24) is 10.2 Å². The van der Waals surface area contributed by atoms with E-state index in [0.29, 0.717) is 34.9 Å². The highest BCUT2D eigenvalue weighted by atomic mass is 16.5. The molecule has 0 amide bonds. The van der Waals surface area contributed by atoms with Crippen molar-refractivity contribution in [3.8, 4) is 5.75 Å². The second-order valence-corrected chi connectivity index (χ2v) is 8.37. The number of hydrogen-bond acceptors (Lipinski definition) is 5. The molecule has 3 aliphatic rings. The lowest BCUT2D eigenvalue weighted by Gasteiger charge is -2.42. The molecule has 6 nitrogen and oxygen atoms in total. The molecule has 1 saturated carbocycles. The number of ether oxygens (including phenoxy) is 1. The van der Waals surface area contributed by atoms with E-state index in [4.69, 9.17) is 4.74 Å². The molecular formula is C22H22BN3O3. The van der Waals surface area contributed by atoms with Gasteiger partial charge in [0, 0.05) is 22.1 Å². The monoisotopic (exact) mass is 387 g/mol. The highest BCUT2D eigenvalue weighted by Crippen LogP contribution is 2.62. The van der Waals surface area contributed by atoms with Crippen LogP contribution in [0.1, 0.15) is 29.5 Å². The molecule has 3 aromatic rings. The van der Waals surface area contributed by atoms with E-state index in [2.05, 4.69) is 39.8 Å². The Kier molecular flexibility index (Phi) is 3.61. The smallest absolute Gasteiger partial charge is 0.492 e. The van der Waals surface area contributed by atoms with Crippen molar-refractivity contribution in [1.29, 1.82) is 0 Å². The number of rotatable bonds is 3. The van der Waals surface area contributed by atoms with Gasteiger partial charge in [-0.15, -0.1) is 0 Å². The Balaban J connectivity index is 1.56. The van der Waals surface area contributed by atoms with Crippen LogP contribution >= 0.6 is 0 Å². The normalized spacial score (nSPS) is 28.9. The second-order valence-electron chi connectivity index (χ2n) is 8.37. The molecule has 2 aliphatic carbocycles. The maximum Gasteiger partial charge on any atom is 0.492 e. The fourth-order valence-corrected chi connectivity index (χ4v) is 6.05. The van der Waals surface area contributed by atoms with E-state index in [1.807, 2.05) is 18.3 Å². The molecule has 146 valence electrons. The number of nitrogens with one attached hydrogen (secondary N) is 2. The maximum absolute atomic E-state index is 9.84. The van der Waals surface area contributed by atoms with Gasteiger partial charge in [0.1, 0.15) is 5.75 Å². The molecule has 1 aliphatic heterocycles. The lowest BCUT2D eigenvalue weighted by atomic mass is 9.68. The van der Waals surface area contributed by atoms with Gasteiger partial charge in [0.25, 0.3) is 0 Å². The average Bonchev–Trinajstić information content (AvgIpc) is 3.48. The van der Waals surface area contributed by atoms with Gasteiger partial charge in [-0.3, -0.25) is 5.10 Å². The second kappa shape index (κ2) is 6.11. The zero-order chi connectivity index (χ0) is 19.7. The molecule has 2 bridgehead atoms. The van der Waals surface area contributed by atoms with Crippen LogP contribution in [-0.4, -0.2) is 34.5 Å². The van der Waals surface area contributed by atoms with Gasteiger partial charge in [-0.2, -0.15) is 5.10 Å². The molecule has 7 heteroatoms. The van der Waals surface area contributed by atoms with Crippen LogP contribution in [0.5, 0.6) is 5.75 Å². The van der Waals surface area contributed by atoms with E-state index in [0.717, 1.165) is 23.2 Å². The number of methoxy groups -OCH3 is 1. The topological polar surface area (TPSA) is 90.4 Å². The molecule has 4 N–H and O–H groups in total. The Morgan fingerprint density at radius 3 is 2.83 bits per heavy atom. The molecule has 6 rings (SSSR count). The van der Waals surface area contributed by atoms with E-state index in [1.54, 1.807) is 13.2 Å². The predicted octanol–water partition coefficient (Wildman–Crippen LogP) is 2.32. The summed E-state index contributed by atoms with van der Waals surface area (Å²) in [6, 6.07) is 9.85. The first kappa shape index (κ1) is 17.1. The number of H-pyrrole nitrogens is 1. The molecule has 0 saturated heterocycles. The Morgan fingerprint density at radius 2 is 2.00 bits per heavy atom. The van der Waals surface area contributed by atoms with Crippen LogP contribution in [0.15, 0.2) is 48.7 Å². The van der Waals surface area contributed by atoms with Crippen molar-refractivity contribution in [3.63, 3.8) is 0 Å². The first-order valence-electron chi connectivity index (χ1n) is 10.1. The average molecular weight is 387 g/mol. The van der Waals surface area contributed by atoms with E-state index in [-0.39, 0.29) is 6.04 Å². The summed E-state index contributed by atoms with van der Waals surface area (Å²) in [6.45, 7) is 0. The minimum atomic E-state index is -1.57. The Bertz CT molecular complexity index is 1140. The molecule has 29 heavy (non-hydrogen) atoms. The van der Waals surface area contributed by atoms with E-state index in [9.17, 15) is 10.0 Å². The fraction of sp³-hybridized carbons (Fsp3) is 0.318. The van der Waals surface area contributed by atoms with Crippen LogP contribution in [0.2, 0.25) is 0 Å². The molecular weight excluding hydrogens is 365 g/mol. The van der Waals surface area contributed by atoms with Crippen LogP contribution in [0.3, 0.4) is 0 Å². The molecule has 2 heterocycles. The number of hydrogen-bond donors (Lipinski definition) is 4. The quantitative estimate of drug-likeness (QED) is 0.409. The zero-order valence-corrected chi connectivity index (χ0v) is 16.0. The van der Waals surface area contributed by atoms with Gasteiger partial charge in [-0.1, -0.05) is 30.4 Å². The lowest BCUT2D eigenvalue weighted by Crippen LogP contribution is -2.37. The van der Waals surface area contributed by atoms with Gasteiger partial charge in [-0.25, -0.2) is 0 Å². The Hall–Kier alpha value is -2.77. The summed E-state index contributed by atoms with van der Waals surface area (Å²) in [7, 11) is 0.0244. The molecule has 0 radical (unpaired) electrons. The highest BCUT2D eigenvalue weighted by molar-refractivity contribution is 6.59. The van der Waals surface area contributed by atoms with Gasteiger partial charge in [-0.05, 0) is 47.8 Å². The lowest BCUT2D eigenvalue weighted by molar-refractivity contribution is 0.324. The van der Waals surface area contributed by atoms with Crippen molar-refractivity contribution >= 4 is 29.2 Å². The standard InChI is InChI=1S/C22H22BN3O3/c1-29-22-13(3-2-4-15(22)23(27)28)21-19-12-6-5-11(9-12)18(19)20-14-10-24-26-16(14)7-8-17(20)25-21/h2-8,10-12,18-19,21,25,27-28H,9H2,1H3,(H,24,26). The van der Waals surface area contributed by atoms with Crippen LogP contribution in [0.25, 0.3) is 10.9 Å². The molecule has 1 fully saturated rings. The summed E-state index contributed by atoms with van der Waals surface area (Å²) in [5.74, 6) is 2.34. The highest BCUT2D eigenvalue weighted by Gasteiger charge is 2.52. The third kappa shape index (κ3) is 2.28. The Labute approximate surface area is 168 Å². The van der Waals surface area contributed by atoms with Crippen molar-refractivity contribution in [2.45, 2.75) is 18.4 Å². The summed E-state index contributed by atoms with van der Waals surface area (Å²) in [5, 5.41) is 32.0. The van der Waals surface area contributed by atoms with Crippen molar-refractivity contribution in [2.75, 3.05) is 12.4 Å². The van der Waals surface area contributed by atoms with Crippen molar-refractivity contribution < 1.29 is 14.8 Å². The Morgan fingerprint density at radius 1 is 1.14 bits per heavy atom. The van der Waals surface area contributed by atoms with E-state index in [1.165, 1.54) is 10.9 Å². The van der Waals surface area contributed by atoms with E-state index < -0.39 is 7.12 Å². The third-order valence-corrected chi connectivity index (χ3v) is 7.11. The largest absolute Gasteiger partial charge is 0.497 e.